The maximum atomic E-state index is 12.6. The van der Waals surface area contributed by atoms with E-state index in [1.165, 1.54) is 11.1 Å². The van der Waals surface area contributed by atoms with E-state index in [2.05, 4.69) is 43.8 Å². The Kier molecular flexibility index (Phi) is 5.81. The minimum absolute atomic E-state index is 0. The first-order chi connectivity index (χ1) is 11.7. The van der Waals surface area contributed by atoms with Crippen molar-refractivity contribution < 1.29 is 4.79 Å². The molecule has 1 aliphatic heterocycles. The van der Waals surface area contributed by atoms with Gasteiger partial charge in [-0.3, -0.25) is 9.48 Å². The van der Waals surface area contributed by atoms with Gasteiger partial charge < -0.3 is 10.6 Å². The molecule has 1 amide bonds. The van der Waals surface area contributed by atoms with Crippen LogP contribution in [0.15, 0.2) is 34.9 Å². The molecule has 0 radical (unpaired) electrons. The predicted octanol–water partition coefficient (Wildman–Crippen LogP) is 3.41. The van der Waals surface area contributed by atoms with Gasteiger partial charge in [0.1, 0.15) is 5.69 Å². The van der Waals surface area contributed by atoms with Crippen LogP contribution in [-0.2, 0) is 6.42 Å². The van der Waals surface area contributed by atoms with Gasteiger partial charge in [0, 0.05) is 17.2 Å². The maximum Gasteiger partial charge on any atom is 0.272 e. The molecule has 2 aromatic rings. The molecule has 1 saturated heterocycles. The third-order valence-corrected chi connectivity index (χ3v) is 5.75. The van der Waals surface area contributed by atoms with E-state index in [0.717, 1.165) is 43.2 Å². The van der Waals surface area contributed by atoms with E-state index in [-0.39, 0.29) is 24.4 Å². The largest absolute Gasteiger partial charge is 0.344 e. The van der Waals surface area contributed by atoms with E-state index in [4.69, 9.17) is 0 Å². The molecular formula is C18H22BrClN4O. The topological polar surface area (TPSA) is 59.0 Å². The Morgan fingerprint density at radius 3 is 3.00 bits per heavy atom. The van der Waals surface area contributed by atoms with E-state index >= 15 is 0 Å². The molecule has 1 fully saturated rings. The van der Waals surface area contributed by atoms with Crippen LogP contribution < -0.4 is 10.6 Å². The Balaban J connectivity index is 0.00000182. The van der Waals surface area contributed by atoms with Crippen molar-refractivity contribution in [1.82, 2.24) is 20.4 Å². The van der Waals surface area contributed by atoms with Crippen LogP contribution >= 0.6 is 28.3 Å². The summed E-state index contributed by atoms with van der Waals surface area (Å²) in [5.41, 5.74) is 3.03. The summed E-state index contributed by atoms with van der Waals surface area (Å²) in [7, 11) is 0. The standard InChI is InChI=1S/C18H21BrN4O.ClH/c19-15-5-1-4-14-13(15)6-7-16(14)21-18(24)17-8-10-23(22-17)12-3-2-9-20-11-12;/h1,4-5,8,10,12,16,20H,2-3,6-7,9,11H2,(H,21,24);1H. The van der Waals surface area contributed by atoms with Gasteiger partial charge in [-0.1, -0.05) is 28.1 Å². The Morgan fingerprint density at radius 2 is 2.20 bits per heavy atom. The number of rotatable bonds is 3. The van der Waals surface area contributed by atoms with Crippen LogP contribution in [0.5, 0.6) is 0 Å². The first-order valence-electron chi connectivity index (χ1n) is 8.56. The average Bonchev–Trinajstić information content (AvgIpc) is 3.24. The Bertz CT molecular complexity index is 757. The molecule has 2 atom stereocenters. The molecule has 7 heteroatoms. The zero-order valence-corrected chi connectivity index (χ0v) is 16.3. The van der Waals surface area contributed by atoms with Crippen LogP contribution in [0.3, 0.4) is 0 Å². The van der Waals surface area contributed by atoms with E-state index in [1.807, 2.05) is 23.0 Å². The second-order valence-corrected chi connectivity index (χ2v) is 7.41. The lowest BCUT2D eigenvalue weighted by atomic mass is 10.1. The summed E-state index contributed by atoms with van der Waals surface area (Å²) in [4.78, 5) is 12.6. The SMILES string of the molecule is Cl.O=C(NC1CCc2c(Br)cccc21)c1ccn(C2CCCNC2)n1. The molecule has 1 aromatic carbocycles. The summed E-state index contributed by atoms with van der Waals surface area (Å²) in [5, 5.41) is 11.0. The van der Waals surface area contributed by atoms with Gasteiger partial charge in [-0.15, -0.1) is 12.4 Å². The fourth-order valence-corrected chi connectivity index (χ4v) is 4.29. The van der Waals surface area contributed by atoms with Crippen molar-refractivity contribution in [3.8, 4) is 0 Å². The molecule has 25 heavy (non-hydrogen) atoms. The summed E-state index contributed by atoms with van der Waals surface area (Å²) >= 11 is 3.60. The van der Waals surface area contributed by atoms with Crippen molar-refractivity contribution >= 4 is 34.2 Å². The van der Waals surface area contributed by atoms with Crippen molar-refractivity contribution in [2.75, 3.05) is 13.1 Å². The Morgan fingerprint density at radius 1 is 1.32 bits per heavy atom. The minimum Gasteiger partial charge on any atom is -0.344 e. The summed E-state index contributed by atoms with van der Waals surface area (Å²) in [6.07, 6.45) is 6.12. The van der Waals surface area contributed by atoms with Gasteiger partial charge in [0.05, 0.1) is 12.1 Å². The van der Waals surface area contributed by atoms with Crippen molar-refractivity contribution in [1.29, 1.82) is 0 Å². The number of amides is 1. The van der Waals surface area contributed by atoms with Crippen LogP contribution in [0.1, 0.15) is 53.0 Å². The predicted molar refractivity (Wildman–Crippen MR) is 103 cm³/mol. The van der Waals surface area contributed by atoms with Gasteiger partial charge in [0.2, 0.25) is 0 Å². The van der Waals surface area contributed by atoms with Gasteiger partial charge in [-0.05, 0) is 55.5 Å². The lowest BCUT2D eigenvalue weighted by molar-refractivity contribution is 0.0930. The molecule has 2 unspecified atom stereocenters. The highest BCUT2D eigenvalue weighted by atomic mass is 79.9. The number of hydrogen-bond donors (Lipinski definition) is 2. The van der Waals surface area contributed by atoms with Crippen LogP contribution in [0.4, 0.5) is 0 Å². The second kappa shape index (κ2) is 7.89. The highest BCUT2D eigenvalue weighted by Crippen LogP contribution is 2.35. The number of halogens is 2. The smallest absolute Gasteiger partial charge is 0.272 e. The highest BCUT2D eigenvalue weighted by molar-refractivity contribution is 9.10. The molecule has 2 aliphatic rings. The molecule has 0 saturated carbocycles. The van der Waals surface area contributed by atoms with E-state index in [0.29, 0.717) is 11.7 Å². The molecule has 5 nitrogen and oxygen atoms in total. The molecule has 2 heterocycles. The van der Waals surface area contributed by atoms with Gasteiger partial charge in [0.15, 0.2) is 0 Å². The molecule has 0 spiro atoms. The van der Waals surface area contributed by atoms with Crippen LogP contribution in [0.25, 0.3) is 0 Å². The summed E-state index contributed by atoms with van der Waals surface area (Å²) in [6, 6.07) is 8.43. The zero-order chi connectivity index (χ0) is 16.5. The quantitative estimate of drug-likeness (QED) is 0.792. The fourth-order valence-electron chi connectivity index (χ4n) is 3.71. The monoisotopic (exact) mass is 424 g/mol. The number of nitrogens with one attached hydrogen (secondary N) is 2. The van der Waals surface area contributed by atoms with Crippen molar-refractivity contribution in [2.24, 2.45) is 0 Å². The van der Waals surface area contributed by atoms with Gasteiger partial charge >= 0.3 is 0 Å². The molecule has 0 bridgehead atoms. The maximum absolute atomic E-state index is 12.6. The van der Waals surface area contributed by atoms with E-state index < -0.39 is 0 Å². The number of carbonyl (C=O) groups is 1. The van der Waals surface area contributed by atoms with E-state index in [9.17, 15) is 4.79 Å². The summed E-state index contributed by atoms with van der Waals surface area (Å²) < 4.78 is 3.06. The lowest BCUT2D eigenvalue weighted by Gasteiger charge is -2.22. The lowest BCUT2D eigenvalue weighted by Crippen LogP contribution is -2.32. The number of hydrogen-bond acceptors (Lipinski definition) is 3. The Hall–Kier alpha value is -1.37. The number of aromatic nitrogens is 2. The number of fused-ring (bicyclic) bond motifs is 1. The Labute approximate surface area is 162 Å². The third-order valence-electron chi connectivity index (χ3n) is 5.00. The van der Waals surface area contributed by atoms with Crippen LogP contribution in [0.2, 0.25) is 0 Å². The minimum atomic E-state index is -0.0876. The zero-order valence-electron chi connectivity index (χ0n) is 13.9. The molecule has 1 aromatic heterocycles. The second-order valence-electron chi connectivity index (χ2n) is 6.55. The first-order valence-corrected chi connectivity index (χ1v) is 9.35. The number of benzene rings is 1. The fraction of sp³-hybridized carbons (Fsp3) is 0.444. The molecular weight excluding hydrogens is 404 g/mol. The van der Waals surface area contributed by atoms with Crippen LogP contribution in [-0.4, -0.2) is 28.8 Å². The highest BCUT2D eigenvalue weighted by Gasteiger charge is 2.26. The number of nitrogens with zero attached hydrogens (tertiary/aromatic N) is 2. The van der Waals surface area contributed by atoms with Crippen LogP contribution in [0, 0.1) is 0 Å². The molecule has 4 rings (SSSR count). The van der Waals surface area contributed by atoms with Gasteiger partial charge in [-0.25, -0.2) is 0 Å². The molecule has 134 valence electrons. The summed E-state index contributed by atoms with van der Waals surface area (Å²) in [5.74, 6) is -0.0876. The van der Waals surface area contributed by atoms with Crippen molar-refractivity contribution in [3.05, 3.63) is 51.8 Å². The van der Waals surface area contributed by atoms with Crippen molar-refractivity contribution in [3.63, 3.8) is 0 Å². The molecule has 2 N–H and O–H groups in total. The van der Waals surface area contributed by atoms with Crippen molar-refractivity contribution in [2.45, 2.75) is 37.8 Å². The number of piperidine rings is 1. The normalized spacial score (nSPS) is 22.1. The third kappa shape index (κ3) is 3.76. The average molecular weight is 426 g/mol. The number of carbonyl (C=O) groups excluding carboxylic acids is 1. The first kappa shape index (κ1) is 18.4. The van der Waals surface area contributed by atoms with E-state index in [1.54, 1.807) is 0 Å². The molecule has 1 aliphatic carbocycles. The summed E-state index contributed by atoms with van der Waals surface area (Å²) in [6.45, 7) is 1.99. The van der Waals surface area contributed by atoms with Gasteiger partial charge in [0.25, 0.3) is 5.91 Å². The van der Waals surface area contributed by atoms with Gasteiger partial charge in [-0.2, -0.15) is 5.10 Å².